The molecule has 2 N–H and O–H groups in total. The SMILES string of the molecule is O=C(Cl)C(CS)c1ccc(O)c(O)c1. The number of benzene rings is 1. The van der Waals surface area contributed by atoms with Crippen molar-refractivity contribution in [2.75, 3.05) is 5.75 Å². The molecule has 1 aromatic carbocycles. The molecule has 0 aliphatic rings. The number of carbonyl (C=O) groups is 1. The lowest BCUT2D eigenvalue weighted by Crippen LogP contribution is -2.08. The van der Waals surface area contributed by atoms with Gasteiger partial charge in [-0.25, -0.2) is 0 Å². The van der Waals surface area contributed by atoms with Gasteiger partial charge in [0, 0.05) is 5.75 Å². The molecule has 0 aliphatic carbocycles. The molecule has 1 aromatic rings. The van der Waals surface area contributed by atoms with Crippen LogP contribution < -0.4 is 0 Å². The van der Waals surface area contributed by atoms with Crippen LogP contribution in [0.2, 0.25) is 0 Å². The summed E-state index contributed by atoms with van der Waals surface area (Å²) in [6.45, 7) is 0. The fraction of sp³-hybridized carbons (Fsp3) is 0.222. The molecule has 0 heterocycles. The van der Waals surface area contributed by atoms with Crippen LogP contribution in [-0.4, -0.2) is 21.2 Å². The van der Waals surface area contributed by atoms with Crippen LogP contribution in [0.1, 0.15) is 11.5 Å². The molecule has 0 aliphatic heterocycles. The molecule has 76 valence electrons. The summed E-state index contributed by atoms with van der Waals surface area (Å²) < 4.78 is 0. The van der Waals surface area contributed by atoms with E-state index in [1.165, 1.54) is 18.2 Å². The van der Waals surface area contributed by atoms with Gasteiger partial charge in [0.25, 0.3) is 0 Å². The highest BCUT2D eigenvalue weighted by Crippen LogP contribution is 2.29. The zero-order valence-corrected chi connectivity index (χ0v) is 8.79. The molecule has 3 nitrogen and oxygen atoms in total. The monoisotopic (exact) mass is 232 g/mol. The Labute approximate surface area is 91.7 Å². The summed E-state index contributed by atoms with van der Waals surface area (Å²) in [5.41, 5.74) is 0.537. The zero-order valence-electron chi connectivity index (χ0n) is 7.14. The second-order valence-electron chi connectivity index (χ2n) is 2.79. The van der Waals surface area contributed by atoms with Crippen molar-refractivity contribution in [2.24, 2.45) is 0 Å². The Balaban J connectivity index is 3.06. The largest absolute Gasteiger partial charge is 0.504 e. The molecule has 0 fully saturated rings. The second kappa shape index (κ2) is 4.57. The molecular weight excluding hydrogens is 224 g/mol. The van der Waals surface area contributed by atoms with Gasteiger partial charge >= 0.3 is 0 Å². The maximum atomic E-state index is 10.9. The number of hydrogen-bond acceptors (Lipinski definition) is 4. The lowest BCUT2D eigenvalue weighted by atomic mass is 10.0. The van der Waals surface area contributed by atoms with E-state index in [4.69, 9.17) is 16.7 Å². The van der Waals surface area contributed by atoms with E-state index >= 15 is 0 Å². The third-order valence-electron chi connectivity index (χ3n) is 1.86. The van der Waals surface area contributed by atoms with E-state index in [2.05, 4.69) is 12.6 Å². The summed E-state index contributed by atoms with van der Waals surface area (Å²) >= 11 is 9.32. The number of carbonyl (C=O) groups excluding carboxylic acids is 1. The van der Waals surface area contributed by atoms with E-state index in [1.807, 2.05) is 0 Å². The molecule has 0 amide bonds. The van der Waals surface area contributed by atoms with Crippen molar-refractivity contribution >= 4 is 29.5 Å². The molecular formula is C9H9ClO3S. The maximum Gasteiger partial charge on any atom is 0.229 e. The molecule has 5 heteroatoms. The molecule has 0 bridgehead atoms. The molecule has 1 rings (SSSR count). The van der Waals surface area contributed by atoms with E-state index in [1.54, 1.807) is 0 Å². The Morgan fingerprint density at radius 3 is 2.50 bits per heavy atom. The second-order valence-corrected chi connectivity index (χ2v) is 3.53. The summed E-state index contributed by atoms with van der Waals surface area (Å²) in [5.74, 6) is -0.806. The van der Waals surface area contributed by atoms with Gasteiger partial charge in [0.2, 0.25) is 5.24 Å². The van der Waals surface area contributed by atoms with Crippen LogP contribution in [0.4, 0.5) is 0 Å². The molecule has 0 radical (unpaired) electrons. The highest BCUT2D eigenvalue weighted by Gasteiger charge is 2.17. The van der Waals surface area contributed by atoms with Crippen molar-refractivity contribution < 1.29 is 15.0 Å². The number of hydrogen-bond donors (Lipinski definition) is 3. The van der Waals surface area contributed by atoms with Gasteiger partial charge in [0.05, 0.1) is 5.92 Å². The number of phenolic OH excluding ortho intramolecular Hbond substituents is 2. The smallest absolute Gasteiger partial charge is 0.229 e. The van der Waals surface area contributed by atoms with Crippen molar-refractivity contribution in [3.63, 3.8) is 0 Å². The van der Waals surface area contributed by atoms with Crippen LogP contribution in [0, 0.1) is 0 Å². The summed E-state index contributed by atoms with van der Waals surface area (Å²) in [7, 11) is 0. The molecule has 14 heavy (non-hydrogen) atoms. The van der Waals surface area contributed by atoms with E-state index in [-0.39, 0.29) is 17.3 Å². The molecule has 1 unspecified atom stereocenters. The fourth-order valence-electron chi connectivity index (χ4n) is 1.07. The van der Waals surface area contributed by atoms with Gasteiger partial charge in [-0.3, -0.25) is 4.79 Å². The van der Waals surface area contributed by atoms with Gasteiger partial charge in [-0.2, -0.15) is 12.6 Å². The van der Waals surface area contributed by atoms with Crippen LogP contribution in [0.25, 0.3) is 0 Å². The van der Waals surface area contributed by atoms with Crippen LogP contribution in [0.15, 0.2) is 18.2 Å². The Morgan fingerprint density at radius 2 is 2.07 bits per heavy atom. The van der Waals surface area contributed by atoms with Crippen molar-refractivity contribution in [3.8, 4) is 11.5 Å². The highest BCUT2D eigenvalue weighted by molar-refractivity contribution is 7.80. The third-order valence-corrected chi connectivity index (χ3v) is 2.49. The first kappa shape index (κ1) is 11.2. The van der Waals surface area contributed by atoms with Gasteiger partial charge in [0.15, 0.2) is 11.5 Å². The summed E-state index contributed by atoms with van der Waals surface area (Å²) in [4.78, 5) is 10.9. The van der Waals surface area contributed by atoms with Gasteiger partial charge < -0.3 is 10.2 Å². The lowest BCUT2D eigenvalue weighted by molar-refractivity contribution is -0.112. The number of halogens is 1. The molecule has 0 saturated carbocycles. The topological polar surface area (TPSA) is 57.5 Å². The average molecular weight is 233 g/mol. The standard InChI is InChI=1S/C9H9ClO3S/c10-9(13)6(4-14)5-1-2-7(11)8(12)3-5/h1-3,6,11-12,14H,4H2. The van der Waals surface area contributed by atoms with Gasteiger partial charge in [-0.05, 0) is 29.3 Å². The van der Waals surface area contributed by atoms with Gasteiger partial charge in [-0.15, -0.1) is 0 Å². The Bertz CT molecular complexity index is 354. The Kier molecular flexibility index (Phi) is 3.66. The molecule has 0 spiro atoms. The van der Waals surface area contributed by atoms with Crippen molar-refractivity contribution in [2.45, 2.75) is 5.92 Å². The number of aromatic hydroxyl groups is 2. The summed E-state index contributed by atoms with van der Waals surface area (Å²) in [6.07, 6.45) is 0. The number of thiol groups is 1. The van der Waals surface area contributed by atoms with E-state index in [0.717, 1.165) is 0 Å². The van der Waals surface area contributed by atoms with E-state index in [0.29, 0.717) is 5.56 Å². The first-order chi connectivity index (χ1) is 6.56. The Hall–Kier alpha value is -0.870. The molecule has 0 aromatic heterocycles. The maximum absolute atomic E-state index is 10.9. The summed E-state index contributed by atoms with van der Waals surface area (Å²) in [5, 5.41) is 17.7. The zero-order chi connectivity index (χ0) is 10.7. The van der Waals surface area contributed by atoms with E-state index in [9.17, 15) is 9.90 Å². The van der Waals surface area contributed by atoms with Gasteiger partial charge in [0.1, 0.15) is 0 Å². The quantitative estimate of drug-likeness (QED) is 0.424. The van der Waals surface area contributed by atoms with Crippen LogP contribution >= 0.6 is 24.2 Å². The minimum Gasteiger partial charge on any atom is -0.504 e. The van der Waals surface area contributed by atoms with Gasteiger partial charge in [-0.1, -0.05) is 6.07 Å². The fourth-order valence-corrected chi connectivity index (χ4v) is 1.75. The normalized spacial score (nSPS) is 12.4. The first-order valence-electron chi connectivity index (χ1n) is 3.88. The van der Waals surface area contributed by atoms with Crippen LogP contribution in [0.5, 0.6) is 11.5 Å². The van der Waals surface area contributed by atoms with Crippen molar-refractivity contribution in [1.82, 2.24) is 0 Å². The van der Waals surface area contributed by atoms with Crippen LogP contribution in [-0.2, 0) is 4.79 Å². The number of phenols is 2. The lowest BCUT2D eigenvalue weighted by Gasteiger charge is -2.10. The average Bonchev–Trinajstić information content (AvgIpc) is 2.11. The highest BCUT2D eigenvalue weighted by atomic mass is 35.5. The minimum absolute atomic E-state index is 0.228. The number of rotatable bonds is 3. The first-order valence-corrected chi connectivity index (χ1v) is 4.89. The predicted molar refractivity (Wildman–Crippen MR) is 57.2 cm³/mol. The Morgan fingerprint density at radius 1 is 1.43 bits per heavy atom. The van der Waals surface area contributed by atoms with Crippen LogP contribution in [0.3, 0.4) is 0 Å². The van der Waals surface area contributed by atoms with E-state index < -0.39 is 11.2 Å². The third kappa shape index (κ3) is 2.33. The minimum atomic E-state index is -0.563. The molecule has 1 atom stereocenters. The summed E-state index contributed by atoms with van der Waals surface area (Å²) in [6, 6.07) is 4.13. The molecule has 0 saturated heterocycles. The predicted octanol–water partition coefficient (Wildman–Crippen LogP) is 1.88. The van der Waals surface area contributed by atoms with Crippen molar-refractivity contribution in [1.29, 1.82) is 0 Å². The van der Waals surface area contributed by atoms with Crippen molar-refractivity contribution in [3.05, 3.63) is 23.8 Å².